The molecule has 0 aliphatic carbocycles. The zero-order valence-electron chi connectivity index (χ0n) is 11.8. The van der Waals surface area contributed by atoms with Crippen molar-refractivity contribution in [2.75, 3.05) is 0 Å². The minimum atomic E-state index is -0.555. The van der Waals surface area contributed by atoms with Crippen molar-refractivity contribution >= 4 is 11.3 Å². The van der Waals surface area contributed by atoms with E-state index in [1.165, 1.54) is 12.1 Å². The van der Waals surface area contributed by atoms with Gasteiger partial charge in [0, 0.05) is 35.5 Å². The predicted molar refractivity (Wildman–Crippen MR) is 77.7 cm³/mol. The number of aromatic nitrogens is 1. The Hall–Kier alpha value is -1.33. The Bertz CT molecular complexity index is 588. The van der Waals surface area contributed by atoms with Crippen LogP contribution in [0, 0.1) is 11.6 Å². The molecule has 0 aliphatic heterocycles. The topological polar surface area (TPSA) is 24.9 Å². The van der Waals surface area contributed by atoms with Crippen molar-refractivity contribution in [1.82, 2.24) is 10.3 Å². The molecule has 0 aliphatic rings. The molecular formula is C15H18F2N2S. The Morgan fingerprint density at radius 2 is 1.95 bits per heavy atom. The van der Waals surface area contributed by atoms with Crippen molar-refractivity contribution in [3.63, 3.8) is 0 Å². The lowest BCUT2D eigenvalue weighted by molar-refractivity contribution is 0.556. The number of hydrogen-bond acceptors (Lipinski definition) is 3. The number of nitrogens with one attached hydrogen (secondary N) is 1. The highest BCUT2D eigenvalue weighted by molar-refractivity contribution is 7.09. The second-order valence-corrected chi connectivity index (χ2v) is 6.66. The second kappa shape index (κ2) is 5.97. The van der Waals surface area contributed by atoms with Crippen molar-refractivity contribution in [2.24, 2.45) is 0 Å². The Balaban J connectivity index is 1.91. The summed E-state index contributed by atoms with van der Waals surface area (Å²) in [7, 11) is 0. The molecule has 0 spiro atoms. The molecule has 0 radical (unpaired) electrons. The molecule has 2 nitrogen and oxygen atoms in total. The van der Waals surface area contributed by atoms with E-state index in [1.807, 2.05) is 0 Å². The number of nitrogens with zero attached hydrogens (tertiary/aromatic N) is 1. The lowest BCUT2D eigenvalue weighted by Gasteiger charge is -2.14. The maximum absolute atomic E-state index is 13.4. The molecule has 2 aromatic rings. The highest BCUT2D eigenvalue weighted by Gasteiger charge is 2.17. The molecule has 0 bridgehead atoms. The van der Waals surface area contributed by atoms with Gasteiger partial charge in [-0.1, -0.05) is 26.8 Å². The fourth-order valence-electron chi connectivity index (χ4n) is 1.71. The van der Waals surface area contributed by atoms with Gasteiger partial charge in [-0.3, -0.25) is 0 Å². The smallest absolute Gasteiger partial charge is 0.130 e. The van der Waals surface area contributed by atoms with Gasteiger partial charge in [-0.15, -0.1) is 11.3 Å². The first kappa shape index (κ1) is 15.1. The summed E-state index contributed by atoms with van der Waals surface area (Å²) in [6.07, 6.45) is 0. The number of benzene rings is 1. The fraction of sp³-hybridized carbons (Fsp3) is 0.400. The minimum Gasteiger partial charge on any atom is -0.306 e. The zero-order valence-corrected chi connectivity index (χ0v) is 12.7. The zero-order chi connectivity index (χ0) is 14.8. The van der Waals surface area contributed by atoms with Gasteiger partial charge >= 0.3 is 0 Å². The molecule has 0 fully saturated rings. The molecule has 0 saturated carbocycles. The lowest BCUT2D eigenvalue weighted by atomic mass is 9.93. The third-order valence-corrected chi connectivity index (χ3v) is 3.78. The van der Waals surface area contributed by atoms with E-state index < -0.39 is 11.6 Å². The normalized spacial score (nSPS) is 11.8. The summed E-state index contributed by atoms with van der Waals surface area (Å²) in [4.78, 5) is 4.55. The predicted octanol–water partition coefficient (Wildman–Crippen LogP) is 4.01. The Morgan fingerprint density at radius 3 is 2.55 bits per heavy atom. The maximum Gasteiger partial charge on any atom is 0.130 e. The Morgan fingerprint density at radius 1 is 1.20 bits per heavy atom. The average molecular weight is 296 g/mol. The van der Waals surface area contributed by atoms with Gasteiger partial charge in [0.05, 0.1) is 5.69 Å². The molecule has 1 aromatic carbocycles. The van der Waals surface area contributed by atoms with Crippen LogP contribution < -0.4 is 5.32 Å². The third kappa shape index (κ3) is 3.84. The summed E-state index contributed by atoms with van der Waals surface area (Å²) in [5, 5.41) is 6.15. The van der Waals surface area contributed by atoms with Crippen LogP contribution >= 0.6 is 11.3 Å². The van der Waals surface area contributed by atoms with Crippen molar-refractivity contribution in [3.05, 3.63) is 51.5 Å². The molecular weight excluding hydrogens is 278 g/mol. The fourth-order valence-corrected chi connectivity index (χ4v) is 2.70. The highest BCUT2D eigenvalue weighted by Crippen LogP contribution is 2.23. The summed E-state index contributed by atoms with van der Waals surface area (Å²) in [5.74, 6) is -1.08. The first-order valence-electron chi connectivity index (χ1n) is 6.46. The SMILES string of the molecule is CC(C)(C)c1csc(CNCc2ccc(F)cc2F)n1. The summed E-state index contributed by atoms with van der Waals surface area (Å²) in [6, 6.07) is 3.62. The van der Waals surface area contributed by atoms with E-state index >= 15 is 0 Å². The van der Waals surface area contributed by atoms with E-state index in [1.54, 1.807) is 11.3 Å². The van der Waals surface area contributed by atoms with Gasteiger partial charge in [-0.25, -0.2) is 13.8 Å². The molecule has 20 heavy (non-hydrogen) atoms. The van der Waals surface area contributed by atoms with Crippen molar-refractivity contribution in [1.29, 1.82) is 0 Å². The summed E-state index contributed by atoms with van der Waals surface area (Å²) in [5.41, 5.74) is 1.56. The standard InChI is InChI=1S/C15H18F2N2S/c1-15(2,3)13-9-20-14(19-13)8-18-7-10-4-5-11(16)6-12(10)17/h4-6,9,18H,7-8H2,1-3H3. The molecule has 2 rings (SSSR count). The Kier molecular flexibility index (Phi) is 4.50. The van der Waals surface area contributed by atoms with Crippen LogP contribution in [0.3, 0.4) is 0 Å². The average Bonchev–Trinajstić information content (AvgIpc) is 2.80. The number of thiazole rings is 1. The monoisotopic (exact) mass is 296 g/mol. The molecule has 0 atom stereocenters. The van der Waals surface area contributed by atoms with Gasteiger partial charge in [-0.05, 0) is 6.07 Å². The second-order valence-electron chi connectivity index (χ2n) is 5.72. The highest BCUT2D eigenvalue weighted by atomic mass is 32.1. The van der Waals surface area contributed by atoms with Gasteiger partial charge < -0.3 is 5.32 Å². The molecule has 0 saturated heterocycles. The van der Waals surface area contributed by atoms with Crippen LogP contribution in [0.4, 0.5) is 8.78 Å². The summed E-state index contributed by atoms with van der Waals surface area (Å²) in [6.45, 7) is 7.29. The van der Waals surface area contributed by atoms with Crippen molar-refractivity contribution in [3.8, 4) is 0 Å². The van der Waals surface area contributed by atoms with E-state index in [4.69, 9.17) is 0 Å². The van der Waals surface area contributed by atoms with Gasteiger partial charge in [-0.2, -0.15) is 0 Å². The first-order chi connectivity index (χ1) is 9.36. The van der Waals surface area contributed by atoms with Gasteiger partial charge in [0.2, 0.25) is 0 Å². The molecule has 5 heteroatoms. The van der Waals surface area contributed by atoms with Gasteiger partial charge in [0.25, 0.3) is 0 Å². The van der Waals surface area contributed by atoms with Crippen molar-refractivity contribution in [2.45, 2.75) is 39.3 Å². The van der Waals surface area contributed by atoms with Crippen LogP contribution in [0.15, 0.2) is 23.6 Å². The lowest BCUT2D eigenvalue weighted by Crippen LogP contribution is -2.15. The molecule has 0 unspecified atom stereocenters. The molecule has 108 valence electrons. The minimum absolute atomic E-state index is 0.0395. The van der Waals surface area contributed by atoms with Gasteiger partial charge in [0.15, 0.2) is 0 Å². The summed E-state index contributed by atoms with van der Waals surface area (Å²) >= 11 is 1.59. The Labute approximate surface area is 121 Å². The first-order valence-corrected chi connectivity index (χ1v) is 7.34. The van der Waals surface area contributed by atoms with E-state index in [0.29, 0.717) is 18.7 Å². The number of hydrogen-bond donors (Lipinski definition) is 1. The summed E-state index contributed by atoms with van der Waals surface area (Å²) < 4.78 is 26.2. The van der Waals surface area contributed by atoms with E-state index in [-0.39, 0.29) is 5.41 Å². The molecule has 1 N–H and O–H groups in total. The quantitative estimate of drug-likeness (QED) is 0.922. The van der Waals surface area contributed by atoms with Crippen LogP contribution in [0.25, 0.3) is 0 Å². The largest absolute Gasteiger partial charge is 0.306 e. The number of rotatable bonds is 4. The maximum atomic E-state index is 13.4. The third-order valence-electron chi connectivity index (χ3n) is 2.93. The van der Waals surface area contributed by atoms with Crippen LogP contribution in [-0.4, -0.2) is 4.98 Å². The molecule has 1 heterocycles. The van der Waals surface area contributed by atoms with E-state index in [0.717, 1.165) is 16.8 Å². The van der Waals surface area contributed by atoms with Crippen LogP contribution in [0.1, 0.15) is 37.0 Å². The molecule has 0 amide bonds. The van der Waals surface area contributed by atoms with Crippen molar-refractivity contribution < 1.29 is 8.78 Å². The van der Waals surface area contributed by atoms with E-state index in [9.17, 15) is 8.78 Å². The van der Waals surface area contributed by atoms with E-state index in [2.05, 4.69) is 36.5 Å². The molecule has 1 aromatic heterocycles. The van der Waals surface area contributed by atoms with Crippen LogP contribution in [0.2, 0.25) is 0 Å². The van der Waals surface area contributed by atoms with Crippen LogP contribution in [-0.2, 0) is 18.5 Å². The number of halogens is 2. The van der Waals surface area contributed by atoms with Crippen LogP contribution in [0.5, 0.6) is 0 Å². The van der Waals surface area contributed by atoms with Gasteiger partial charge in [0.1, 0.15) is 16.6 Å².